The average Bonchev–Trinajstić information content (AvgIpc) is 2.74. The molecular formula is C19H27NO2. The number of aryl methyl sites for hydroxylation is 1. The van der Waals surface area contributed by atoms with Crippen LogP contribution in [0.3, 0.4) is 0 Å². The molecule has 0 saturated heterocycles. The van der Waals surface area contributed by atoms with Gasteiger partial charge in [0.2, 0.25) is 0 Å². The SMILES string of the molecule is CC.CC/C=C(\C)Cn1c(C)c(C)c2cc(C(=O)O)ccc21. The topological polar surface area (TPSA) is 42.2 Å². The van der Waals surface area contributed by atoms with Crippen LogP contribution >= 0.6 is 0 Å². The summed E-state index contributed by atoms with van der Waals surface area (Å²) in [5.74, 6) is -0.876. The van der Waals surface area contributed by atoms with Crippen molar-refractivity contribution in [3.8, 4) is 0 Å². The number of hydrogen-bond acceptors (Lipinski definition) is 1. The molecule has 3 heteroatoms. The van der Waals surface area contributed by atoms with Gasteiger partial charge in [0.25, 0.3) is 0 Å². The molecule has 2 aromatic rings. The Morgan fingerprint density at radius 3 is 2.45 bits per heavy atom. The number of aromatic carboxylic acids is 1. The highest BCUT2D eigenvalue weighted by molar-refractivity contribution is 5.95. The van der Waals surface area contributed by atoms with Gasteiger partial charge in [-0.15, -0.1) is 0 Å². The van der Waals surface area contributed by atoms with Gasteiger partial charge in [-0.1, -0.05) is 32.4 Å². The van der Waals surface area contributed by atoms with Gasteiger partial charge < -0.3 is 9.67 Å². The summed E-state index contributed by atoms with van der Waals surface area (Å²) in [5, 5.41) is 10.1. The number of carbonyl (C=O) groups is 1. The van der Waals surface area contributed by atoms with Gasteiger partial charge in [-0.2, -0.15) is 0 Å². The summed E-state index contributed by atoms with van der Waals surface area (Å²) in [6.07, 6.45) is 3.26. The summed E-state index contributed by atoms with van der Waals surface area (Å²) >= 11 is 0. The van der Waals surface area contributed by atoms with Crippen molar-refractivity contribution in [2.75, 3.05) is 0 Å². The van der Waals surface area contributed by atoms with E-state index in [9.17, 15) is 4.79 Å². The third-order valence-electron chi connectivity index (χ3n) is 3.85. The molecule has 0 amide bonds. The van der Waals surface area contributed by atoms with Gasteiger partial charge in [-0.25, -0.2) is 4.79 Å². The average molecular weight is 301 g/mol. The van der Waals surface area contributed by atoms with Crippen molar-refractivity contribution in [3.05, 3.63) is 46.7 Å². The molecule has 1 N–H and O–H groups in total. The zero-order chi connectivity index (χ0) is 16.9. The number of fused-ring (bicyclic) bond motifs is 1. The maximum Gasteiger partial charge on any atom is 0.335 e. The summed E-state index contributed by atoms with van der Waals surface area (Å²) in [6, 6.07) is 5.37. The first kappa shape index (κ1) is 18.0. The second-order valence-electron chi connectivity index (χ2n) is 5.29. The maximum absolute atomic E-state index is 11.1. The minimum atomic E-state index is -0.876. The minimum Gasteiger partial charge on any atom is -0.478 e. The van der Waals surface area contributed by atoms with E-state index in [1.807, 2.05) is 19.9 Å². The standard InChI is InChI=1S/C17H21NO2.C2H6/c1-5-6-11(2)10-18-13(4)12(3)15-9-14(17(19)20)7-8-16(15)18;1-2/h6-9H,5,10H2,1-4H3,(H,19,20);1-2H3/b11-6+;. The van der Waals surface area contributed by atoms with E-state index in [0.29, 0.717) is 5.56 Å². The normalized spacial score (nSPS) is 11.3. The fourth-order valence-corrected chi connectivity index (χ4v) is 2.65. The van der Waals surface area contributed by atoms with Crippen LogP contribution in [0.4, 0.5) is 0 Å². The second-order valence-corrected chi connectivity index (χ2v) is 5.29. The summed E-state index contributed by atoms with van der Waals surface area (Å²) < 4.78 is 2.26. The smallest absolute Gasteiger partial charge is 0.335 e. The van der Waals surface area contributed by atoms with Crippen molar-refractivity contribution in [2.45, 2.75) is 54.5 Å². The van der Waals surface area contributed by atoms with Crippen LogP contribution in [0.1, 0.15) is 55.7 Å². The first-order valence-electron chi connectivity index (χ1n) is 7.94. The lowest BCUT2D eigenvalue weighted by atomic mass is 10.1. The first-order valence-corrected chi connectivity index (χ1v) is 7.94. The molecule has 0 aliphatic rings. The maximum atomic E-state index is 11.1. The van der Waals surface area contributed by atoms with E-state index in [-0.39, 0.29) is 0 Å². The van der Waals surface area contributed by atoms with Crippen LogP contribution < -0.4 is 0 Å². The van der Waals surface area contributed by atoms with Crippen LogP contribution in [-0.4, -0.2) is 15.6 Å². The third kappa shape index (κ3) is 3.59. The number of allylic oxidation sites excluding steroid dienone is 2. The molecule has 1 aromatic heterocycles. The van der Waals surface area contributed by atoms with Crippen LogP contribution in [0.2, 0.25) is 0 Å². The van der Waals surface area contributed by atoms with Gasteiger partial charge in [0, 0.05) is 23.1 Å². The molecule has 0 fully saturated rings. The summed E-state index contributed by atoms with van der Waals surface area (Å²) in [7, 11) is 0. The highest BCUT2D eigenvalue weighted by Gasteiger charge is 2.13. The molecule has 0 spiro atoms. The molecule has 1 heterocycles. The zero-order valence-corrected chi connectivity index (χ0v) is 14.5. The lowest BCUT2D eigenvalue weighted by Crippen LogP contribution is -2.02. The Labute approximate surface area is 133 Å². The number of aromatic nitrogens is 1. The lowest BCUT2D eigenvalue weighted by molar-refractivity contribution is 0.0697. The Bertz CT molecular complexity index is 693. The molecule has 0 radical (unpaired) electrons. The zero-order valence-electron chi connectivity index (χ0n) is 14.5. The van der Waals surface area contributed by atoms with Crippen LogP contribution in [0, 0.1) is 13.8 Å². The number of rotatable bonds is 4. The molecule has 0 aliphatic carbocycles. The van der Waals surface area contributed by atoms with Crippen molar-refractivity contribution >= 4 is 16.9 Å². The molecule has 120 valence electrons. The van der Waals surface area contributed by atoms with Gasteiger partial charge in [-0.05, 0) is 51.0 Å². The van der Waals surface area contributed by atoms with E-state index in [1.165, 1.54) is 11.3 Å². The quantitative estimate of drug-likeness (QED) is 0.775. The largest absolute Gasteiger partial charge is 0.478 e. The molecular weight excluding hydrogens is 274 g/mol. The monoisotopic (exact) mass is 301 g/mol. The van der Waals surface area contributed by atoms with Crippen molar-refractivity contribution in [2.24, 2.45) is 0 Å². The summed E-state index contributed by atoms with van der Waals surface area (Å²) in [5.41, 5.74) is 5.14. The number of hydrogen-bond donors (Lipinski definition) is 1. The van der Waals surface area contributed by atoms with E-state index < -0.39 is 5.97 Å². The van der Waals surface area contributed by atoms with E-state index in [0.717, 1.165) is 29.4 Å². The Morgan fingerprint density at radius 1 is 1.27 bits per heavy atom. The molecule has 0 saturated carbocycles. The highest BCUT2D eigenvalue weighted by Crippen LogP contribution is 2.27. The van der Waals surface area contributed by atoms with Crippen molar-refractivity contribution in [3.63, 3.8) is 0 Å². The highest BCUT2D eigenvalue weighted by atomic mass is 16.4. The lowest BCUT2D eigenvalue weighted by Gasteiger charge is -2.09. The Balaban J connectivity index is 0.00000116. The number of carboxylic acid groups (broad SMARTS) is 1. The van der Waals surface area contributed by atoms with Crippen LogP contribution in [0.15, 0.2) is 29.8 Å². The fourth-order valence-electron chi connectivity index (χ4n) is 2.65. The first-order chi connectivity index (χ1) is 10.5. The fraction of sp³-hybridized carbons (Fsp3) is 0.421. The van der Waals surface area contributed by atoms with Crippen LogP contribution in [0.5, 0.6) is 0 Å². The summed E-state index contributed by atoms with van der Waals surface area (Å²) in [4.78, 5) is 11.1. The predicted molar refractivity (Wildman–Crippen MR) is 93.8 cm³/mol. The molecule has 3 nitrogen and oxygen atoms in total. The molecule has 22 heavy (non-hydrogen) atoms. The molecule has 0 aliphatic heterocycles. The van der Waals surface area contributed by atoms with E-state index in [1.54, 1.807) is 12.1 Å². The van der Waals surface area contributed by atoms with Gasteiger partial charge in [0.05, 0.1) is 5.56 Å². The van der Waals surface area contributed by atoms with Crippen LogP contribution in [0.25, 0.3) is 10.9 Å². The van der Waals surface area contributed by atoms with Gasteiger partial charge in [0.1, 0.15) is 0 Å². The molecule has 0 bridgehead atoms. The molecule has 0 atom stereocenters. The summed E-state index contributed by atoms with van der Waals surface area (Å²) in [6.45, 7) is 13.3. The van der Waals surface area contributed by atoms with Crippen molar-refractivity contribution in [1.29, 1.82) is 0 Å². The van der Waals surface area contributed by atoms with Crippen LogP contribution in [-0.2, 0) is 6.54 Å². The van der Waals surface area contributed by atoms with Gasteiger partial charge in [-0.3, -0.25) is 0 Å². The molecule has 0 unspecified atom stereocenters. The van der Waals surface area contributed by atoms with Gasteiger partial charge >= 0.3 is 5.97 Å². The van der Waals surface area contributed by atoms with Crippen molar-refractivity contribution < 1.29 is 9.90 Å². The Kier molecular flexibility index (Phi) is 6.41. The predicted octanol–water partition coefficient (Wildman–Crippen LogP) is 5.34. The number of carboxylic acids is 1. The molecule has 1 aromatic carbocycles. The second kappa shape index (κ2) is 7.83. The van der Waals surface area contributed by atoms with E-state index in [2.05, 4.69) is 38.3 Å². The Hall–Kier alpha value is -2.03. The Morgan fingerprint density at radius 2 is 1.91 bits per heavy atom. The number of nitrogens with zero attached hydrogens (tertiary/aromatic N) is 1. The third-order valence-corrected chi connectivity index (χ3v) is 3.85. The minimum absolute atomic E-state index is 0.346. The van der Waals surface area contributed by atoms with E-state index >= 15 is 0 Å². The number of benzene rings is 1. The van der Waals surface area contributed by atoms with E-state index in [4.69, 9.17) is 5.11 Å². The van der Waals surface area contributed by atoms with Crippen molar-refractivity contribution in [1.82, 2.24) is 4.57 Å². The van der Waals surface area contributed by atoms with Gasteiger partial charge in [0.15, 0.2) is 0 Å². The molecule has 2 rings (SSSR count).